The van der Waals surface area contributed by atoms with Gasteiger partial charge in [0.15, 0.2) is 0 Å². The van der Waals surface area contributed by atoms with Crippen molar-refractivity contribution in [3.05, 3.63) is 59.2 Å². The minimum absolute atomic E-state index is 0.0208. The summed E-state index contributed by atoms with van der Waals surface area (Å²) < 4.78 is 53.5. The molecule has 0 aliphatic heterocycles. The maximum atomic E-state index is 13.7. The third-order valence-corrected chi connectivity index (χ3v) is 4.91. The van der Waals surface area contributed by atoms with Gasteiger partial charge in [-0.05, 0) is 36.2 Å². The van der Waals surface area contributed by atoms with Crippen molar-refractivity contribution in [2.75, 3.05) is 4.72 Å². The van der Waals surface area contributed by atoms with Crippen LogP contribution in [-0.4, -0.2) is 8.42 Å². The highest BCUT2D eigenvalue weighted by molar-refractivity contribution is 9.08. The summed E-state index contributed by atoms with van der Waals surface area (Å²) in [5.41, 5.74) is 0.598. The quantitative estimate of drug-likeness (QED) is 0.821. The van der Waals surface area contributed by atoms with E-state index < -0.39 is 27.3 Å². The average Bonchev–Trinajstić information content (AvgIpc) is 2.44. The first-order valence-corrected chi connectivity index (χ1v) is 8.57. The van der Waals surface area contributed by atoms with Crippen LogP contribution in [0.25, 0.3) is 0 Å². The number of rotatable bonds is 4. The summed E-state index contributed by atoms with van der Waals surface area (Å²) in [6.45, 7) is 1.40. The summed E-state index contributed by atoms with van der Waals surface area (Å²) in [6.07, 6.45) is 0. The molecule has 112 valence electrons. The molecule has 0 unspecified atom stereocenters. The smallest absolute Gasteiger partial charge is 0.261 e. The van der Waals surface area contributed by atoms with E-state index in [-0.39, 0.29) is 10.5 Å². The number of benzene rings is 2. The molecule has 0 aliphatic carbocycles. The SMILES string of the molecule is Cc1cc(F)c(NS(=O)(=O)c2ccc(CBr)cc2)cc1F. The van der Waals surface area contributed by atoms with Crippen molar-refractivity contribution >= 4 is 31.6 Å². The molecule has 2 aromatic rings. The molecule has 0 fully saturated rings. The molecular formula is C14H12BrF2NO2S. The molecule has 0 atom stereocenters. The van der Waals surface area contributed by atoms with Crippen molar-refractivity contribution in [1.29, 1.82) is 0 Å². The number of halogens is 3. The van der Waals surface area contributed by atoms with Crippen molar-refractivity contribution in [3.63, 3.8) is 0 Å². The molecule has 21 heavy (non-hydrogen) atoms. The van der Waals surface area contributed by atoms with Crippen LogP contribution in [0.3, 0.4) is 0 Å². The maximum absolute atomic E-state index is 13.7. The summed E-state index contributed by atoms with van der Waals surface area (Å²) >= 11 is 3.25. The second kappa shape index (κ2) is 6.11. The largest absolute Gasteiger partial charge is 0.277 e. The van der Waals surface area contributed by atoms with Crippen LogP contribution in [0.2, 0.25) is 0 Å². The third kappa shape index (κ3) is 3.59. The van der Waals surface area contributed by atoms with E-state index in [1.807, 2.05) is 0 Å². The number of alkyl halides is 1. The first-order chi connectivity index (χ1) is 9.83. The lowest BCUT2D eigenvalue weighted by atomic mass is 10.2. The fourth-order valence-corrected chi connectivity index (χ4v) is 3.12. The van der Waals surface area contributed by atoms with Gasteiger partial charge in [-0.3, -0.25) is 4.72 Å². The zero-order valence-corrected chi connectivity index (χ0v) is 13.4. The Hall–Kier alpha value is -1.47. The van der Waals surface area contributed by atoms with E-state index in [2.05, 4.69) is 20.7 Å². The van der Waals surface area contributed by atoms with E-state index in [1.54, 1.807) is 12.1 Å². The summed E-state index contributed by atoms with van der Waals surface area (Å²) in [6, 6.07) is 7.85. The van der Waals surface area contributed by atoms with E-state index >= 15 is 0 Å². The number of aryl methyl sites for hydroxylation is 1. The second-order valence-electron chi connectivity index (χ2n) is 4.46. The molecule has 0 aliphatic rings. The lowest BCUT2D eigenvalue weighted by molar-refractivity contribution is 0.590. The van der Waals surface area contributed by atoms with E-state index in [9.17, 15) is 17.2 Å². The molecule has 1 N–H and O–H groups in total. The Morgan fingerprint density at radius 1 is 1.10 bits per heavy atom. The first kappa shape index (κ1) is 15.9. The van der Waals surface area contributed by atoms with E-state index in [4.69, 9.17) is 0 Å². The Labute approximate surface area is 130 Å². The van der Waals surface area contributed by atoms with Crippen LogP contribution >= 0.6 is 15.9 Å². The molecular weight excluding hydrogens is 364 g/mol. The Bertz CT molecular complexity index is 761. The summed E-state index contributed by atoms with van der Waals surface area (Å²) in [7, 11) is -3.96. The molecule has 3 nitrogen and oxygen atoms in total. The van der Waals surface area contributed by atoms with Gasteiger partial charge in [-0.25, -0.2) is 17.2 Å². The van der Waals surface area contributed by atoms with Crippen molar-refractivity contribution in [2.24, 2.45) is 0 Å². The molecule has 2 rings (SSSR count). The molecule has 0 heterocycles. The van der Waals surface area contributed by atoms with Gasteiger partial charge in [0.05, 0.1) is 10.6 Å². The molecule has 0 saturated carbocycles. The van der Waals surface area contributed by atoms with E-state index in [1.165, 1.54) is 19.1 Å². The van der Waals surface area contributed by atoms with Gasteiger partial charge in [-0.15, -0.1) is 0 Å². The lowest BCUT2D eigenvalue weighted by Gasteiger charge is -2.10. The normalized spacial score (nSPS) is 11.4. The van der Waals surface area contributed by atoms with Crippen LogP contribution in [0.1, 0.15) is 11.1 Å². The maximum Gasteiger partial charge on any atom is 0.261 e. The van der Waals surface area contributed by atoms with Crippen LogP contribution in [0, 0.1) is 18.6 Å². The predicted molar refractivity (Wildman–Crippen MR) is 81.0 cm³/mol. The Kier molecular flexibility index (Phi) is 4.63. The zero-order chi connectivity index (χ0) is 15.6. The minimum atomic E-state index is -3.96. The number of nitrogens with one attached hydrogen (secondary N) is 1. The van der Waals surface area contributed by atoms with Gasteiger partial charge in [-0.1, -0.05) is 28.1 Å². The molecule has 0 amide bonds. The fraction of sp³-hybridized carbons (Fsp3) is 0.143. The van der Waals surface area contributed by atoms with Crippen LogP contribution < -0.4 is 4.72 Å². The third-order valence-electron chi connectivity index (χ3n) is 2.88. The number of sulfonamides is 1. The molecule has 2 aromatic carbocycles. The first-order valence-electron chi connectivity index (χ1n) is 5.97. The highest BCUT2D eigenvalue weighted by Crippen LogP contribution is 2.22. The Morgan fingerprint density at radius 2 is 1.71 bits per heavy atom. The van der Waals surface area contributed by atoms with Crippen molar-refractivity contribution in [3.8, 4) is 0 Å². The fourth-order valence-electron chi connectivity index (χ4n) is 1.69. The van der Waals surface area contributed by atoms with Crippen LogP contribution in [0.15, 0.2) is 41.3 Å². The molecule has 0 bridgehead atoms. The summed E-state index contributed by atoms with van der Waals surface area (Å²) in [4.78, 5) is -0.0208. The zero-order valence-electron chi connectivity index (χ0n) is 11.0. The molecule has 0 radical (unpaired) electrons. The summed E-state index contributed by atoms with van der Waals surface area (Å²) in [5, 5.41) is 0.596. The number of anilines is 1. The predicted octanol–water partition coefficient (Wildman–Crippen LogP) is 3.97. The molecule has 7 heteroatoms. The topological polar surface area (TPSA) is 46.2 Å². The summed E-state index contributed by atoms with van der Waals surface area (Å²) in [5.74, 6) is -1.50. The second-order valence-corrected chi connectivity index (χ2v) is 6.71. The van der Waals surface area contributed by atoms with Gasteiger partial charge < -0.3 is 0 Å². The van der Waals surface area contributed by atoms with Gasteiger partial charge in [0.1, 0.15) is 11.6 Å². The van der Waals surface area contributed by atoms with Crippen LogP contribution in [-0.2, 0) is 15.4 Å². The van der Waals surface area contributed by atoms with Gasteiger partial charge in [-0.2, -0.15) is 0 Å². The highest BCUT2D eigenvalue weighted by Gasteiger charge is 2.17. The van der Waals surface area contributed by atoms with Gasteiger partial charge in [0, 0.05) is 11.4 Å². The van der Waals surface area contributed by atoms with Crippen LogP contribution in [0.5, 0.6) is 0 Å². The molecule has 0 spiro atoms. The number of hydrogen-bond donors (Lipinski definition) is 1. The average molecular weight is 376 g/mol. The molecule has 0 aromatic heterocycles. The van der Waals surface area contributed by atoms with Gasteiger partial charge in [0.2, 0.25) is 0 Å². The monoisotopic (exact) mass is 375 g/mol. The van der Waals surface area contributed by atoms with E-state index in [0.717, 1.165) is 17.7 Å². The minimum Gasteiger partial charge on any atom is -0.277 e. The Morgan fingerprint density at radius 3 is 2.29 bits per heavy atom. The van der Waals surface area contributed by atoms with Gasteiger partial charge in [0.25, 0.3) is 10.0 Å². The lowest BCUT2D eigenvalue weighted by Crippen LogP contribution is -2.14. The number of hydrogen-bond acceptors (Lipinski definition) is 2. The van der Waals surface area contributed by atoms with Crippen molar-refractivity contribution in [1.82, 2.24) is 0 Å². The van der Waals surface area contributed by atoms with Crippen LogP contribution in [0.4, 0.5) is 14.5 Å². The van der Waals surface area contributed by atoms with Crippen molar-refractivity contribution < 1.29 is 17.2 Å². The van der Waals surface area contributed by atoms with E-state index in [0.29, 0.717) is 5.33 Å². The van der Waals surface area contributed by atoms with Crippen molar-refractivity contribution in [2.45, 2.75) is 17.1 Å². The Balaban J connectivity index is 2.34. The van der Waals surface area contributed by atoms with Gasteiger partial charge >= 0.3 is 0 Å². The standard InChI is InChI=1S/C14H12BrF2NO2S/c1-9-6-13(17)14(7-12(9)16)18-21(19,20)11-4-2-10(8-15)3-5-11/h2-7,18H,8H2,1H3. The highest BCUT2D eigenvalue weighted by atomic mass is 79.9. The molecule has 0 saturated heterocycles.